The molecule has 1 aliphatic heterocycles. The molecule has 3 aromatic rings. The molecule has 0 N–H and O–H groups in total. The highest BCUT2D eigenvalue weighted by Crippen LogP contribution is 2.33. The molecule has 0 spiro atoms. The highest BCUT2D eigenvalue weighted by molar-refractivity contribution is 5.68. The number of piperazine rings is 1. The van der Waals surface area contributed by atoms with Crippen LogP contribution in [0.25, 0.3) is 11.3 Å². The number of benzene rings is 2. The molecule has 2 aromatic carbocycles. The maximum atomic E-state index is 5.58. The van der Waals surface area contributed by atoms with Crippen molar-refractivity contribution in [3.8, 4) is 22.8 Å². The number of hydrogen-bond donors (Lipinski definition) is 0. The molecule has 0 radical (unpaired) electrons. The van der Waals surface area contributed by atoms with Crippen molar-refractivity contribution in [1.29, 1.82) is 0 Å². The summed E-state index contributed by atoms with van der Waals surface area (Å²) in [6.45, 7) is 5.19. The first kappa shape index (κ1) is 19.3. The van der Waals surface area contributed by atoms with Crippen LogP contribution in [0.1, 0.15) is 5.76 Å². The van der Waals surface area contributed by atoms with Crippen LogP contribution in [0.3, 0.4) is 0 Å². The van der Waals surface area contributed by atoms with Gasteiger partial charge in [0.05, 0.1) is 14.2 Å². The third-order valence-electron chi connectivity index (χ3n) is 5.41. The Balaban J connectivity index is 1.33. The highest BCUT2D eigenvalue weighted by atomic mass is 16.5. The van der Waals surface area contributed by atoms with E-state index in [4.69, 9.17) is 14.0 Å². The predicted octanol–water partition coefficient (Wildman–Crippen LogP) is 3.72. The summed E-state index contributed by atoms with van der Waals surface area (Å²) in [4.78, 5) is 4.93. The summed E-state index contributed by atoms with van der Waals surface area (Å²) < 4.78 is 16.3. The zero-order valence-electron chi connectivity index (χ0n) is 17.0. The van der Waals surface area contributed by atoms with Gasteiger partial charge in [0.25, 0.3) is 0 Å². The van der Waals surface area contributed by atoms with Gasteiger partial charge in [-0.15, -0.1) is 0 Å². The van der Waals surface area contributed by atoms with Crippen molar-refractivity contribution in [3.63, 3.8) is 0 Å². The second-order valence-corrected chi connectivity index (χ2v) is 7.16. The monoisotopic (exact) mass is 393 g/mol. The summed E-state index contributed by atoms with van der Waals surface area (Å²) in [5.74, 6) is 2.37. The van der Waals surface area contributed by atoms with E-state index in [1.807, 2.05) is 24.3 Å². The second kappa shape index (κ2) is 9.01. The SMILES string of the molecule is COc1ccc(-c2cc(CCN3CCN(c4ccccc4)CC3)on2)c(OC)c1. The Morgan fingerprint density at radius 2 is 1.72 bits per heavy atom. The molecule has 6 nitrogen and oxygen atoms in total. The van der Waals surface area contributed by atoms with Gasteiger partial charge in [0.1, 0.15) is 23.0 Å². The number of methoxy groups -OCH3 is 2. The van der Waals surface area contributed by atoms with Gasteiger partial charge in [-0.25, -0.2) is 0 Å². The van der Waals surface area contributed by atoms with Crippen LogP contribution < -0.4 is 14.4 Å². The van der Waals surface area contributed by atoms with E-state index in [2.05, 4.69) is 45.3 Å². The van der Waals surface area contributed by atoms with E-state index in [0.29, 0.717) is 0 Å². The molecule has 1 aromatic heterocycles. The maximum Gasteiger partial charge on any atom is 0.138 e. The van der Waals surface area contributed by atoms with Crippen LogP contribution in [-0.4, -0.2) is 57.0 Å². The summed E-state index contributed by atoms with van der Waals surface area (Å²) in [5.41, 5.74) is 2.99. The Morgan fingerprint density at radius 3 is 2.45 bits per heavy atom. The van der Waals surface area contributed by atoms with Crippen molar-refractivity contribution < 1.29 is 14.0 Å². The summed E-state index contributed by atoms with van der Waals surface area (Å²) in [5, 5.41) is 4.24. The van der Waals surface area contributed by atoms with E-state index in [-0.39, 0.29) is 0 Å². The van der Waals surface area contributed by atoms with Crippen molar-refractivity contribution in [2.75, 3.05) is 51.8 Å². The molecule has 1 aliphatic rings. The molecule has 29 heavy (non-hydrogen) atoms. The van der Waals surface area contributed by atoms with Gasteiger partial charge < -0.3 is 18.9 Å². The first-order chi connectivity index (χ1) is 14.3. The van der Waals surface area contributed by atoms with Crippen LogP contribution in [0, 0.1) is 0 Å². The summed E-state index contributed by atoms with van der Waals surface area (Å²) in [6.07, 6.45) is 0.844. The number of ether oxygens (including phenoxy) is 2. The van der Waals surface area contributed by atoms with Crippen LogP contribution >= 0.6 is 0 Å². The van der Waals surface area contributed by atoms with Crippen LogP contribution in [0.5, 0.6) is 11.5 Å². The van der Waals surface area contributed by atoms with Crippen molar-refractivity contribution in [1.82, 2.24) is 10.1 Å². The fourth-order valence-corrected chi connectivity index (χ4v) is 3.70. The smallest absolute Gasteiger partial charge is 0.138 e. The van der Waals surface area contributed by atoms with Gasteiger partial charge in [0.2, 0.25) is 0 Å². The first-order valence-corrected chi connectivity index (χ1v) is 9.97. The predicted molar refractivity (Wildman–Crippen MR) is 114 cm³/mol. The van der Waals surface area contributed by atoms with Crippen molar-refractivity contribution >= 4 is 5.69 Å². The van der Waals surface area contributed by atoms with Gasteiger partial charge >= 0.3 is 0 Å². The van der Waals surface area contributed by atoms with E-state index in [1.165, 1.54) is 5.69 Å². The second-order valence-electron chi connectivity index (χ2n) is 7.16. The molecule has 0 atom stereocenters. The van der Waals surface area contributed by atoms with E-state index in [1.54, 1.807) is 14.2 Å². The van der Waals surface area contributed by atoms with Crippen molar-refractivity contribution in [3.05, 3.63) is 60.4 Å². The summed E-state index contributed by atoms with van der Waals surface area (Å²) >= 11 is 0. The van der Waals surface area contributed by atoms with Gasteiger partial charge in [0, 0.05) is 62.5 Å². The average molecular weight is 393 g/mol. The number of hydrogen-bond acceptors (Lipinski definition) is 6. The summed E-state index contributed by atoms with van der Waals surface area (Å²) in [7, 11) is 3.29. The molecule has 152 valence electrons. The van der Waals surface area contributed by atoms with Gasteiger partial charge in [-0.05, 0) is 24.3 Å². The van der Waals surface area contributed by atoms with Gasteiger partial charge in [-0.1, -0.05) is 23.4 Å². The molecule has 2 heterocycles. The molecule has 6 heteroatoms. The molecule has 0 bridgehead atoms. The minimum atomic E-state index is 0.723. The Bertz CT molecular complexity index is 918. The Kier molecular flexibility index (Phi) is 6.00. The van der Waals surface area contributed by atoms with Gasteiger partial charge in [0.15, 0.2) is 0 Å². The zero-order valence-corrected chi connectivity index (χ0v) is 17.0. The summed E-state index contributed by atoms with van der Waals surface area (Å²) in [6, 6.07) is 18.3. The number of aromatic nitrogens is 1. The number of nitrogens with zero attached hydrogens (tertiary/aromatic N) is 3. The minimum Gasteiger partial charge on any atom is -0.497 e. The topological polar surface area (TPSA) is 51.0 Å². The Morgan fingerprint density at radius 1 is 0.931 bits per heavy atom. The van der Waals surface area contributed by atoms with Crippen LogP contribution in [0.4, 0.5) is 5.69 Å². The zero-order chi connectivity index (χ0) is 20.1. The molecule has 0 unspecified atom stereocenters. The Labute approximate surface area is 171 Å². The number of rotatable bonds is 7. The average Bonchev–Trinajstić information content (AvgIpc) is 3.27. The third kappa shape index (κ3) is 4.54. The molecule has 0 amide bonds. The Hall–Kier alpha value is -2.99. The van der Waals surface area contributed by atoms with E-state index in [0.717, 1.165) is 67.7 Å². The van der Waals surface area contributed by atoms with E-state index < -0.39 is 0 Å². The third-order valence-corrected chi connectivity index (χ3v) is 5.41. The van der Waals surface area contributed by atoms with Gasteiger partial charge in [-0.2, -0.15) is 0 Å². The highest BCUT2D eigenvalue weighted by Gasteiger charge is 2.18. The molecular weight excluding hydrogens is 366 g/mol. The number of para-hydroxylation sites is 1. The normalized spacial score (nSPS) is 14.8. The largest absolute Gasteiger partial charge is 0.497 e. The van der Waals surface area contributed by atoms with Crippen LogP contribution in [0.2, 0.25) is 0 Å². The lowest BCUT2D eigenvalue weighted by Crippen LogP contribution is -2.46. The van der Waals surface area contributed by atoms with E-state index >= 15 is 0 Å². The maximum absolute atomic E-state index is 5.58. The van der Waals surface area contributed by atoms with Crippen molar-refractivity contribution in [2.24, 2.45) is 0 Å². The molecule has 1 fully saturated rings. The fraction of sp³-hybridized carbons (Fsp3) is 0.348. The molecule has 0 saturated carbocycles. The van der Waals surface area contributed by atoms with Crippen molar-refractivity contribution in [2.45, 2.75) is 6.42 Å². The number of anilines is 1. The lowest BCUT2D eigenvalue weighted by molar-refractivity contribution is 0.251. The van der Waals surface area contributed by atoms with Crippen LogP contribution in [-0.2, 0) is 6.42 Å². The van der Waals surface area contributed by atoms with E-state index in [9.17, 15) is 0 Å². The lowest BCUT2D eigenvalue weighted by Gasteiger charge is -2.36. The fourth-order valence-electron chi connectivity index (χ4n) is 3.70. The molecule has 4 rings (SSSR count). The minimum absolute atomic E-state index is 0.723. The lowest BCUT2D eigenvalue weighted by atomic mass is 10.1. The molecular formula is C23H27N3O3. The quantitative estimate of drug-likeness (QED) is 0.610. The molecule has 0 aliphatic carbocycles. The van der Waals surface area contributed by atoms with Crippen LogP contribution in [0.15, 0.2) is 59.1 Å². The molecule has 1 saturated heterocycles. The van der Waals surface area contributed by atoms with Gasteiger partial charge in [-0.3, -0.25) is 4.90 Å². The first-order valence-electron chi connectivity index (χ1n) is 9.97. The standard InChI is InChI=1S/C23H27N3O3/c1-27-19-8-9-21(23(17-19)28-2)22-16-20(29-24-22)10-11-25-12-14-26(15-13-25)18-6-4-3-5-7-18/h3-9,16-17H,10-15H2,1-2H3.